The Morgan fingerprint density at radius 3 is 2.59 bits per heavy atom. The van der Waals surface area contributed by atoms with E-state index in [1.807, 2.05) is 0 Å². The first-order valence-corrected chi connectivity index (χ1v) is 10.5. The Bertz CT molecular complexity index is 1410. The molecule has 1 N–H and O–H groups in total. The third-order valence-electron chi connectivity index (χ3n) is 5.34. The Morgan fingerprint density at radius 2 is 1.82 bits per heavy atom. The summed E-state index contributed by atoms with van der Waals surface area (Å²) in [5.74, 6) is -1.17. The molecule has 0 spiro atoms. The Kier molecular flexibility index (Phi) is 6.77. The van der Waals surface area contributed by atoms with Gasteiger partial charge >= 0.3 is 5.97 Å². The zero-order valence-electron chi connectivity index (χ0n) is 18.4. The zero-order valence-corrected chi connectivity index (χ0v) is 18.4. The standard InChI is InChI=1S/C24H22FN5O4/c1-34-24(33)18-8-4-2-6-16(18)12-21(31)26-10-11-30-22-19(13-28-30)23(32)29(15-27-22)14-17-7-3-5-9-20(17)25/h2-9,13,15H,10-12,14H2,1H3,(H,26,31). The van der Waals surface area contributed by atoms with Crippen LogP contribution in [0, 0.1) is 5.82 Å². The lowest BCUT2D eigenvalue weighted by Crippen LogP contribution is -2.29. The van der Waals surface area contributed by atoms with E-state index >= 15 is 0 Å². The normalized spacial score (nSPS) is 10.9. The Morgan fingerprint density at radius 1 is 1.09 bits per heavy atom. The maximum absolute atomic E-state index is 13.9. The predicted molar refractivity (Wildman–Crippen MR) is 122 cm³/mol. The van der Waals surface area contributed by atoms with Crippen molar-refractivity contribution in [1.82, 2.24) is 24.6 Å². The lowest BCUT2D eigenvalue weighted by molar-refractivity contribution is -0.120. The highest BCUT2D eigenvalue weighted by Gasteiger charge is 2.15. The molecule has 4 rings (SSSR count). The number of aromatic nitrogens is 4. The Balaban J connectivity index is 1.40. The molecule has 1 amide bonds. The maximum Gasteiger partial charge on any atom is 0.338 e. The zero-order chi connectivity index (χ0) is 24.1. The smallest absolute Gasteiger partial charge is 0.338 e. The van der Waals surface area contributed by atoms with E-state index in [4.69, 9.17) is 4.74 Å². The number of methoxy groups -OCH3 is 1. The minimum Gasteiger partial charge on any atom is -0.465 e. The van der Waals surface area contributed by atoms with Crippen LogP contribution >= 0.6 is 0 Å². The number of amides is 1. The quantitative estimate of drug-likeness (QED) is 0.400. The number of carbonyl (C=O) groups excluding carboxylic acids is 2. The minimum absolute atomic E-state index is 0.0180. The molecule has 0 aliphatic carbocycles. The number of ether oxygens (including phenoxy) is 1. The third kappa shape index (κ3) is 4.85. The summed E-state index contributed by atoms with van der Waals surface area (Å²) in [5.41, 5.74) is 1.33. The average Bonchev–Trinajstić information content (AvgIpc) is 3.25. The third-order valence-corrected chi connectivity index (χ3v) is 5.34. The number of carbonyl (C=O) groups is 2. The summed E-state index contributed by atoms with van der Waals surface area (Å²) in [5, 5.41) is 7.29. The second kappa shape index (κ2) is 10.1. The highest BCUT2D eigenvalue weighted by Crippen LogP contribution is 2.12. The number of rotatable bonds is 8. The average molecular weight is 463 g/mol. The second-order valence-electron chi connectivity index (χ2n) is 7.55. The minimum atomic E-state index is -0.502. The topological polar surface area (TPSA) is 108 Å². The van der Waals surface area contributed by atoms with Gasteiger partial charge in [-0.25, -0.2) is 18.9 Å². The Hall–Kier alpha value is -4.34. The van der Waals surface area contributed by atoms with Crippen molar-refractivity contribution in [3.05, 3.63) is 93.9 Å². The number of hydrogen-bond donors (Lipinski definition) is 1. The number of esters is 1. The van der Waals surface area contributed by atoms with Crippen LogP contribution in [0.25, 0.3) is 11.0 Å². The van der Waals surface area contributed by atoms with E-state index in [0.717, 1.165) is 0 Å². The van der Waals surface area contributed by atoms with Gasteiger partial charge in [0.1, 0.15) is 17.5 Å². The van der Waals surface area contributed by atoms with Gasteiger partial charge in [-0.1, -0.05) is 36.4 Å². The first kappa shape index (κ1) is 22.8. The molecule has 10 heteroatoms. The van der Waals surface area contributed by atoms with Gasteiger partial charge in [0.15, 0.2) is 5.65 Å². The number of fused-ring (bicyclic) bond motifs is 1. The van der Waals surface area contributed by atoms with Gasteiger partial charge in [0.05, 0.1) is 38.4 Å². The van der Waals surface area contributed by atoms with Gasteiger partial charge in [-0.2, -0.15) is 5.10 Å². The van der Waals surface area contributed by atoms with Gasteiger partial charge in [-0.05, 0) is 17.7 Å². The van der Waals surface area contributed by atoms with Gasteiger partial charge < -0.3 is 10.1 Å². The van der Waals surface area contributed by atoms with Crippen molar-refractivity contribution >= 4 is 22.9 Å². The molecule has 174 valence electrons. The molecule has 0 bridgehead atoms. The molecular weight excluding hydrogens is 441 g/mol. The molecule has 0 fully saturated rings. The summed E-state index contributed by atoms with van der Waals surface area (Å²) < 4.78 is 21.5. The lowest BCUT2D eigenvalue weighted by Gasteiger charge is -2.09. The first-order chi connectivity index (χ1) is 16.5. The van der Waals surface area contributed by atoms with E-state index in [9.17, 15) is 18.8 Å². The molecule has 0 unspecified atom stereocenters. The van der Waals surface area contributed by atoms with Crippen molar-refractivity contribution in [2.45, 2.75) is 19.5 Å². The molecule has 0 aliphatic heterocycles. The largest absolute Gasteiger partial charge is 0.465 e. The summed E-state index contributed by atoms with van der Waals surface area (Å²) in [6, 6.07) is 13.0. The highest BCUT2D eigenvalue weighted by molar-refractivity contribution is 5.93. The molecule has 0 radical (unpaired) electrons. The van der Waals surface area contributed by atoms with Crippen LogP contribution in [0.1, 0.15) is 21.5 Å². The van der Waals surface area contributed by atoms with Crippen molar-refractivity contribution in [2.75, 3.05) is 13.7 Å². The number of benzene rings is 2. The van der Waals surface area contributed by atoms with Crippen molar-refractivity contribution in [1.29, 1.82) is 0 Å². The van der Waals surface area contributed by atoms with Crippen LogP contribution in [0.4, 0.5) is 4.39 Å². The number of nitrogens with one attached hydrogen (secondary N) is 1. The van der Waals surface area contributed by atoms with Gasteiger partial charge in [-0.3, -0.25) is 14.2 Å². The molecule has 4 aromatic rings. The van der Waals surface area contributed by atoms with E-state index in [2.05, 4.69) is 15.4 Å². The van der Waals surface area contributed by atoms with Crippen molar-refractivity contribution in [3.8, 4) is 0 Å². The molecule has 0 saturated carbocycles. The molecule has 2 aromatic carbocycles. The molecule has 0 atom stereocenters. The van der Waals surface area contributed by atoms with Gasteiger partial charge in [0.25, 0.3) is 5.56 Å². The van der Waals surface area contributed by atoms with E-state index in [1.54, 1.807) is 42.5 Å². The van der Waals surface area contributed by atoms with Gasteiger partial charge in [0.2, 0.25) is 5.91 Å². The molecular formula is C24H22FN5O4. The predicted octanol–water partition coefficient (Wildman–Crippen LogP) is 1.93. The van der Waals surface area contributed by atoms with Crippen LogP contribution in [0.3, 0.4) is 0 Å². The first-order valence-electron chi connectivity index (χ1n) is 10.5. The lowest BCUT2D eigenvalue weighted by atomic mass is 10.0. The monoisotopic (exact) mass is 463 g/mol. The summed E-state index contributed by atoms with van der Waals surface area (Å²) in [7, 11) is 1.29. The molecule has 34 heavy (non-hydrogen) atoms. The van der Waals surface area contributed by atoms with Crippen LogP contribution in [0.15, 0.2) is 65.8 Å². The van der Waals surface area contributed by atoms with Crippen LogP contribution < -0.4 is 10.9 Å². The van der Waals surface area contributed by atoms with Crippen LogP contribution in [0.2, 0.25) is 0 Å². The fraction of sp³-hybridized carbons (Fsp3) is 0.208. The second-order valence-corrected chi connectivity index (χ2v) is 7.55. The summed E-state index contributed by atoms with van der Waals surface area (Å²) in [6.45, 7) is 0.594. The van der Waals surface area contributed by atoms with E-state index in [1.165, 1.54) is 34.9 Å². The molecule has 2 heterocycles. The summed E-state index contributed by atoms with van der Waals surface area (Å²) in [4.78, 5) is 41.3. The van der Waals surface area contributed by atoms with Gasteiger partial charge in [-0.15, -0.1) is 0 Å². The molecule has 0 aliphatic rings. The molecule has 0 saturated heterocycles. The SMILES string of the molecule is COC(=O)c1ccccc1CC(=O)NCCn1ncc2c(=O)n(Cc3ccccc3F)cnc21. The fourth-order valence-corrected chi connectivity index (χ4v) is 3.60. The van der Waals surface area contributed by atoms with E-state index in [-0.39, 0.29) is 37.5 Å². The summed E-state index contributed by atoms with van der Waals surface area (Å²) in [6.07, 6.45) is 2.79. The summed E-state index contributed by atoms with van der Waals surface area (Å²) >= 11 is 0. The number of nitrogens with zero attached hydrogens (tertiary/aromatic N) is 4. The van der Waals surface area contributed by atoms with Crippen molar-refractivity contribution in [2.24, 2.45) is 0 Å². The Labute approximate surface area is 193 Å². The highest BCUT2D eigenvalue weighted by atomic mass is 19.1. The number of halogens is 1. The van der Waals surface area contributed by atoms with Crippen LogP contribution in [-0.4, -0.2) is 44.9 Å². The van der Waals surface area contributed by atoms with Crippen LogP contribution in [0.5, 0.6) is 0 Å². The van der Waals surface area contributed by atoms with Gasteiger partial charge in [0, 0.05) is 12.1 Å². The number of hydrogen-bond acceptors (Lipinski definition) is 6. The van der Waals surface area contributed by atoms with E-state index < -0.39 is 11.8 Å². The van der Waals surface area contributed by atoms with Crippen LogP contribution in [-0.2, 0) is 29.0 Å². The molecule has 9 nitrogen and oxygen atoms in total. The molecule has 2 aromatic heterocycles. The fourth-order valence-electron chi connectivity index (χ4n) is 3.60. The van der Waals surface area contributed by atoms with E-state index in [0.29, 0.717) is 27.7 Å². The van der Waals surface area contributed by atoms with Crippen molar-refractivity contribution < 1.29 is 18.7 Å². The maximum atomic E-state index is 13.9. The van der Waals surface area contributed by atoms with Crippen molar-refractivity contribution in [3.63, 3.8) is 0 Å².